The Morgan fingerprint density at radius 1 is 1.00 bits per heavy atom. The van der Waals surface area contributed by atoms with E-state index in [4.69, 9.17) is 0 Å². The molecule has 5 heteroatoms. The molecule has 0 saturated heterocycles. The van der Waals surface area contributed by atoms with Gasteiger partial charge in [-0.05, 0) is 44.2 Å². The third-order valence-electron chi connectivity index (χ3n) is 3.58. The molecule has 2 aromatic carbocycles. The summed E-state index contributed by atoms with van der Waals surface area (Å²) in [6, 6.07) is 18.3. The van der Waals surface area contributed by atoms with Crippen molar-refractivity contribution in [3.8, 4) is 0 Å². The van der Waals surface area contributed by atoms with Crippen molar-refractivity contribution in [2.45, 2.75) is 13.8 Å². The zero-order chi connectivity index (χ0) is 16.9. The first-order valence-corrected chi connectivity index (χ1v) is 7.86. The topological polar surface area (TPSA) is 41.1 Å². The van der Waals surface area contributed by atoms with Gasteiger partial charge in [-0.25, -0.2) is 9.37 Å². The summed E-state index contributed by atoms with van der Waals surface area (Å²) in [5, 5.41) is 3.07. The first-order chi connectivity index (χ1) is 11.7. The second-order valence-electron chi connectivity index (χ2n) is 5.41. The van der Waals surface area contributed by atoms with Gasteiger partial charge in [0, 0.05) is 29.7 Å². The van der Waals surface area contributed by atoms with E-state index < -0.39 is 0 Å². The number of aromatic nitrogens is 2. The van der Waals surface area contributed by atoms with Crippen molar-refractivity contribution in [3.05, 3.63) is 72.2 Å². The van der Waals surface area contributed by atoms with Gasteiger partial charge < -0.3 is 10.2 Å². The maximum Gasteiger partial charge on any atom is 0.229 e. The third kappa shape index (κ3) is 3.68. The molecule has 0 fully saturated rings. The summed E-state index contributed by atoms with van der Waals surface area (Å²) in [6.07, 6.45) is 0. The van der Waals surface area contributed by atoms with Crippen LogP contribution < -0.4 is 10.2 Å². The molecular weight excluding hydrogens is 303 g/mol. The lowest BCUT2D eigenvalue weighted by Crippen LogP contribution is -2.18. The highest BCUT2D eigenvalue weighted by Gasteiger charge is 2.11. The van der Waals surface area contributed by atoms with Crippen molar-refractivity contribution in [3.63, 3.8) is 0 Å². The first-order valence-electron chi connectivity index (χ1n) is 7.86. The average molecular weight is 322 g/mol. The molecule has 3 rings (SSSR count). The van der Waals surface area contributed by atoms with Gasteiger partial charge in [-0.1, -0.05) is 24.3 Å². The van der Waals surface area contributed by atoms with Gasteiger partial charge in [0.15, 0.2) is 0 Å². The summed E-state index contributed by atoms with van der Waals surface area (Å²) in [5.74, 6) is 0.951. The highest BCUT2D eigenvalue weighted by atomic mass is 19.1. The second-order valence-corrected chi connectivity index (χ2v) is 5.41. The second kappa shape index (κ2) is 7.08. The molecule has 0 amide bonds. The fraction of sp³-hybridized carbons (Fsp3) is 0.158. The number of anilines is 4. The zero-order valence-electron chi connectivity index (χ0n) is 13.7. The number of hydrogen-bond donors (Lipinski definition) is 1. The molecule has 3 aromatic rings. The number of nitrogens with one attached hydrogen (secondary N) is 1. The van der Waals surface area contributed by atoms with E-state index in [-0.39, 0.29) is 5.82 Å². The molecule has 1 N–H and O–H groups in total. The summed E-state index contributed by atoms with van der Waals surface area (Å²) < 4.78 is 13.3. The van der Waals surface area contributed by atoms with E-state index in [0.29, 0.717) is 11.6 Å². The fourth-order valence-electron chi connectivity index (χ4n) is 2.53. The number of nitrogens with zero attached hydrogens (tertiary/aromatic N) is 3. The van der Waals surface area contributed by atoms with Gasteiger partial charge in [-0.3, -0.25) is 0 Å². The summed E-state index contributed by atoms with van der Waals surface area (Å²) in [5.41, 5.74) is 2.53. The van der Waals surface area contributed by atoms with E-state index in [1.165, 1.54) is 12.1 Å². The zero-order valence-corrected chi connectivity index (χ0v) is 13.7. The third-order valence-corrected chi connectivity index (χ3v) is 3.58. The van der Waals surface area contributed by atoms with E-state index >= 15 is 0 Å². The van der Waals surface area contributed by atoms with Gasteiger partial charge in [-0.15, -0.1) is 0 Å². The maximum absolute atomic E-state index is 13.3. The number of para-hydroxylation sites is 1. The van der Waals surface area contributed by atoms with Crippen LogP contribution in [0.5, 0.6) is 0 Å². The van der Waals surface area contributed by atoms with Crippen LogP contribution in [0.1, 0.15) is 12.6 Å². The van der Waals surface area contributed by atoms with Crippen molar-refractivity contribution in [1.82, 2.24) is 9.97 Å². The van der Waals surface area contributed by atoms with Gasteiger partial charge in [-0.2, -0.15) is 4.98 Å². The largest absolute Gasteiger partial charge is 0.326 e. The molecule has 24 heavy (non-hydrogen) atoms. The standard InChI is InChI=1S/C19H19FN4/c1-3-24(17-10-5-4-6-11-17)18-12-14(2)21-19(23-18)22-16-9-7-8-15(20)13-16/h4-13H,3H2,1-2H3,(H,21,22,23). The Morgan fingerprint density at radius 2 is 1.79 bits per heavy atom. The summed E-state index contributed by atoms with van der Waals surface area (Å²) in [4.78, 5) is 11.1. The molecule has 1 aromatic heterocycles. The number of aryl methyl sites for hydroxylation is 1. The minimum Gasteiger partial charge on any atom is -0.326 e. The lowest BCUT2D eigenvalue weighted by molar-refractivity contribution is 0.628. The van der Waals surface area contributed by atoms with Crippen LogP contribution in [0.2, 0.25) is 0 Å². The first kappa shape index (κ1) is 15.9. The Labute approximate surface area is 141 Å². The van der Waals surface area contributed by atoms with Crippen LogP contribution in [0.4, 0.5) is 27.5 Å². The molecule has 0 unspecified atom stereocenters. The highest BCUT2D eigenvalue weighted by Crippen LogP contribution is 2.25. The van der Waals surface area contributed by atoms with E-state index in [1.807, 2.05) is 43.3 Å². The molecule has 0 radical (unpaired) electrons. The van der Waals surface area contributed by atoms with Crippen LogP contribution in [0.15, 0.2) is 60.7 Å². The molecular formula is C19H19FN4. The van der Waals surface area contributed by atoms with Gasteiger partial charge in [0.25, 0.3) is 0 Å². The minimum atomic E-state index is -0.299. The van der Waals surface area contributed by atoms with Crippen molar-refractivity contribution in [2.24, 2.45) is 0 Å². The summed E-state index contributed by atoms with van der Waals surface area (Å²) in [6.45, 7) is 4.77. The quantitative estimate of drug-likeness (QED) is 0.731. The van der Waals surface area contributed by atoms with Crippen LogP contribution in [0.3, 0.4) is 0 Å². The van der Waals surface area contributed by atoms with Crippen LogP contribution in [0, 0.1) is 12.7 Å². The Hall–Kier alpha value is -2.95. The van der Waals surface area contributed by atoms with Crippen molar-refractivity contribution >= 4 is 23.1 Å². The highest BCUT2D eigenvalue weighted by molar-refractivity contribution is 5.62. The normalized spacial score (nSPS) is 10.5. The van der Waals surface area contributed by atoms with E-state index in [9.17, 15) is 4.39 Å². The minimum absolute atomic E-state index is 0.299. The Bertz CT molecular complexity index is 821. The van der Waals surface area contributed by atoms with Crippen molar-refractivity contribution < 1.29 is 4.39 Å². The molecule has 4 nitrogen and oxygen atoms in total. The molecule has 0 spiro atoms. The molecule has 122 valence electrons. The summed E-state index contributed by atoms with van der Waals surface area (Å²) in [7, 11) is 0. The number of halogens is 1. The Morgan fingerprint density at radius 3 is 2.50 bits per heavy atom. The predicted molar refractivity (Wildman–Crippen MR) is 95.6 cm³/mol. The van der Waals surface area contributed by atoms with Crippen molar-refractivity contribution in [2.75, 3.05) is 16.8 Å². The number of hydrogen-bond acceptors (Lipinski definition) is 4. The van der Waals surface area contributed by atoms with Crippen LogP contribution in [0.25, 0.3) is 0 Å². The maximum atomic E-state index is 13.3. The van der Waals surface area contributed by atoms with Crippen molar-refractivity contribution in [1.29, 1.82) is 0 Å². The van der Waals surface area contributed by atoms with Crippen LogP contribution in [-0.4, -0.2) is 16.5 Å². The molecule has 0 saturated carbocycles. The number of rotatable bonds is 5. The molecule has 1 heterocycles. The Balaban J connectivity index is 1.93. The number of benzene rings is 2. The molecule has 0 aliphatic carbocycles. The predicted octanol–water partition coefficient (Wildman–Crippen LogP) is 4.83. The fourth-order valence-corrected chi connectivity index (χ4v) is 2.53. The van der Waals surface area contributed by atoms with E-state index in [0.717, 1.165) is 23.7 Å². The molecule has 0 bridgehead atoms. The molecule has 0 atom stereocenters. The monoisotopic (exact) mass is 322 g/mol. The van der Waals surface area contributed by atoms with Crippen LogP contribution in [-0.2, 0) is 0 Å². The molecule has 0 aliphatic rings. The van der Waals surface area contributed by atoms with Crippen LogP contribution >= 0.6 is 0 Å². The van der Waals surface area contributed by atoms with E-state index in [1.54, 1.807) is 12.1 Å². The van der Waals surface area contributed by atoms with Gasteiger partial charge in [0.2, 0.25) is 5.95 Å². The van der Waals surface area contributed by atoms with Gasteiger partial charge in [0.1, 0.15) is 11.6 Å². The SMILES string of the molecule is CCN(c1ccccc1)c1cc(C)nc(Nc2cccc(F)c2)n1. The smallest absolute Gasteiger partial charge is 0.229 e. The van der Waals surface area contributed by atoms with Gasteiger partial charge >= 0.3 is 0 Å². The Kier molecular flexibility index (Phi) is 4.70. The average Bonchev–Trinajstić information content (AvgIpc) is 2.56. The lowest BCUT2D eigenvalue weighted by Gasteiger charge is -2.23. The summed E-state index contributed by atoms with van der Waals surface area (Å²) >= 11 is 0. The van der Waals surface area contributed by atoms with Gasteiger partial charge in [0.05, 0.1) is 0 Å². The van der Waals surface area contributed by atoms with E-state index in [2.05, 4.69) is 27.1 Å². The lowest BCUT2D eigenvalue weighted by atomic mass is 10.2. The molecule has 0 aliphatic heterocycles.